The van der Waals surface area contributed by atoms with Gasteiger partial charge in [-0.25, -0.2) is 9.59 Å². The second-order valence-electron chi connectivity index (χ2n) is 10.3. The lowest BCUT2D eigenvalue weighted by Gasteiger charge is -2.36. The van der Waals surface area contributed by atoms with Crippen LogP contribution in [0.2, 0.25) is 0 Å². The van der Waals surface area contributed by atoms with Gasteiger partial charge in [-0.15, -0.1) is 0 Å². The summed E-state index contributed by atoms with van der Waals surface area (Å²) < 4.78 is 21.6. The molecule has 2 aliphatic rings. The molecule has 0 saturated carbocycles. The molecule has 11 heteroatoms. The number of nitrogens with one attached hydrogen (secondary N) is 1. The third-order valence-corrected chi connectivity index (χ3v) is 6.21. The Bertz CT molecular complexity index is 806. The van der Waals surface area contributed by atoms with Gasteiger partial charge < -0.3 is 39.6 Å². The quantitative estimate of drug-likeness (QED) is 0.206. The van der Waals surface area contributed by atoms with Gasteiger partial charge in [0.15, 0.2) is 6.29 Å². The van der Waals surface area contributed by atoms with Gasteiger partial charge in [-0.3, -0.25) is 4.79 Å². The maximum atomic E-state index is 12.4. The molecule has 0 bridgehead atoms. The van der Waals surface area contributed by atoms with E-state index in [9.17, 15) is 29.7 Å². The van der Waals surface area contributed by atoms with Crippen molar-refractivity contribution < 1.29 is 48.7 Å². The van der Waals surface area contributed by atoms with Crippen molar-refractivity contribution >= 4 is 17.8 Å². The third kappa shape index (κ3) is 8.93. The summed E-state index contributed by atoms with van der Waals surface area (Å²) in [4.78, 5) is 35.4. The zero-order chi connectivity index (χ0) is 26.4. The van der Waals surface area contributed by atoms with Crippen LogP contribution in [0.5, 0.6) is 0 Å². The summed E-state index contributed by atoms with van der Waals surface area (Å²) in [6.07, 6.45) is -2.39. The van der Waals surface area contributed by atoms with Crippen LogP contribution in [0.15, 0.2) is 11.1 Å². The van der Waals surface area contributed by atoms with E-state index >= 15 is 0 Å². The van der Waals surface area contributed by atoms with Gasteiger partial charge in [0.25, 0.3) is 0 Å². The number of carbonyl (C=O) groups excluding carboxylic acids is 3. The molecule has 200 valence electrons. The Morgan fingerprint density at radius 1 is 1.11 bits per heavy atom. The molecule has 2 aliphatic heterocycles. The monoisotopic (exact) mass is 501 g/mol. The summed E-state index contributed by atoms with van der Waals surface area (Å²) >= 11 is 0. The second kappa shape index (κ2) is 12.4. The Kier molecular flexibility index (Phi) is 10.4. The molecule has 1 fully saturated rings. The summed E-state index contributed by atoms with van der Waals surface area (Å²) in [5.41, 5.74) is -0.585. The largest absolute Gasteiger partial charge is 0.394 e. The minimum atomic E-state index is -1.15. The van der Waals surface area contributed by atoms with Crippen molar-refractivity contribution in [3.63, 3.8) is 0 Å². The maximum absolute atomic E-state index is 12.4. The maximum Gasteiger partial charge on any atom is 0.342 e. The van der Waals surface area contributed by atoms with E-state index in [0.29, 0.717) is 26.1 Å². The van der Waals surface area contributed by atoms with Gasteiger partial charge in [-0.05, 0) is 53.9 Å². The van der Waals surface area contributed by atoms with Crippen LogP contribution in [0.3, 0.4) is 0 Å². The van der Waals surface area contributed by atoms with Crippen molar-refractivity contribution in [3.8, 4) is 0 Å². The zero-order valence-corrected chi connectivity index (χ0v) is 21.2. The lowest BCUT2D eigenvalue weighted by atomic mass is 9.99. The molecule has 4 N–H and O–H groups in total. The second-order valence-corrected chi connectivity index (χ2v) is 10.3. The summed E-state index contributed by atoms with van der Waals surface area (Å²) in [5.74, 6) is -1.58. The van der Waals surface area contributed by atoms with Crippen molar-refractivity contribution in [1.29, 1.82) is 0 Å². The Balaban J connectivity index is 1.68. The first-order valence-electron chi connectivity index (χ1n) is 11.9. The highest BCUT2D eigenvalue weighted by atomic mass is 16.7. The van der Waals surface area contributed by atoms with Crippen LogP contribution in [-0.4, -0.2) is 88.7 Å². The molecule has 4 atom stereocenters. The van der Waals surface area contributed by atoms with Gasteiger partial charge in [0.2, 0.25) is 5.91 Å². The Morgan fingerprint density at radius 3 is 2.40 bits per heavy atom. The summed E-state index contributed by atoms with van der Waals surface area (Å²) in [5, 5.41) is 31.8. The lowest BCUT2D eigenvalue weighted by molar-refractivity contribution is -0.259. The van der Waals surface area contributed by atoms with Crippen LogP contribution in [-0.2, 0) is 33.3 Å². The highest BCUT2D eigenvalue weighted by molar-refractivity contribution is 6.12. The highest BCUT2D eigenvalue weighted by Gasteiger charge is 2.37. The first kappa shape index (κ1) is 29.3. The van der Waals surface area contributed by atoms with Crippen molar-refractivity contribution in [2.24, 2.45) is 0 Å². The summed E-state index contributed by atoms with van der Waals surface area (Å²) in [6.45, 7) is 9.34. The van der Waals surface area contributed by atoms with Crippen molar-refractivity contribution in [3.05, 3.63) is 11.1 Å². The molecule has 35 heavy (non-hydrogen) atoms. The van der Waals surface area contributed by atoms with Gasteiger partial charge in [0, 0.05) is 36.1 Å². The van der Waals surface area contributed by atoms with Crippen molar-refractivity contribution in [2.45, 2.75) is 102 Å². The Morgan fingerprint density at radius 2 is 1.80 bits per heavy atom. The van der Waals surface area contributed by atoms with Crippen LogP contribution in [0.4, 0.5) is 0 Å². The van der Waals surface area contributed by atoms with Crippen LogP contribution in [0.1, 0.15) is 66.7 Å². The molecule has 2 heterocycles. The molecule has 11 nitrogen and oxygen atoms in total. The molecule has 1 saturated heterocycles. The molecule has 0 aromatic heterocycles. The van der Waals surface area contributed by atoms with Gasteiger partial charge in [0.1, 0.15) is 12.2 Å². The number of aliphatic hydroxyl groups excluding tert-OH is 3. The van der Waals surface area contributed by atoms with E-state index < -0.39 is 54.3 Å². The van der Waals surface area contributed by atoms with E-state index in [2.05, 4.69) is 10.1 Å². The highest BCUT2D eigenvalue weighted by Crippen LogP contribution is 2.24. The molecule has 0 unspecified atom stereocenters. The van der Waals surface area contributed by atoms with Gasteiger partial charge >= 0.3 is 11.9 Å². The molecule has 0 aliphatic carbocycles. The van der Waals surface area contributed by atoms with E-state index in [4.69, 9.17) is 14.2 Å². The molecule has 0 aromatic carbocycles. The predicted molar refractivity (Wildman–Crippen MR) is 123 cm³/mol. The number of carbonyl (C=O) groups is 3. The number of hydrogen-bond acceptors (Lipinski definition) is 10. The van der Waals surface area contributed by atoms with Gasteiger partial charge in [-0.2, -0.15) is 0 Å². The van der Waals surface area contributed by atoms with E-state index in [-0.39, 0.29) is 36.3 Å². The minimum Gasteiger partial charge on any atom is -0.394 e. The number of amides is 1. The van der Waals surface area contributed by atoms with Crippen LogP contribution < -0.4 is 5.32 Å². The number of aliphatic hydroxyl groups is 3. The Hall–Kier alpha value is -1.89. The molecule has 0 spiro atoms. The van der Waals surface area contributed by atoms with E-state index in [1.807, 2.05) is 27.7 Å². The molecule has 0 aromatic rings. The standard InChI is InChI=1S/C24H39NO10/c1-14-15(22(31)35-21(14)30)6-7-18(28)25-23(2,3)8-11-33-24(4,5)9-10-32-19-12-16(27)20(29)17(13-26)34-19/h16-17,19-20,26-27,29H,6-13H2,1-5H3,(H,25,28)/t16-,17-,19-,20-/m1/s1. The normalized spacial score (nSPS) is 25.7. The van der Waals surface area contributed by atoms with Crippen LogP contribution >= 0.6 is 0 Å². The molecule has 0 radical (unpaired) electrons. The Labute approximate surface area is 205 Å². The predicted octanol–water partition coefficient (Wildman–Crippen LogP) is 0.482. The average Bonchev–Trinajstić information content (AvgIpc) is 2.99. The van der Waals surface area contributed by atoms with Gasteiger partial charge in [-0.1, -0.05) is 0 Å². The van der Waals surface area contributed by atoms with E-state index in [1.165, 1.54) is 6.92 Å². The number of esters is 2. The molecule has 1 amide bonds. The fourth-order valence-electron chi connectivity index (χ4n) is 3.79. The first-order chi connectivity index (χ1) is 16.2. The van der Waals surface area contributed by atoms with Crippen LogP contribution in [0.25, 0.3) is 0 Å². The van der Waals surface area contributed by atoms with Crippen LogP contribution in [0, 0.1) is 0 Å². The lowest BCUT2D eigenvalue weighted by Crippen LogP contribution is -2.50. The third-order valence-electron chi connectivity index (χ3n) is 6.21. The number of cyclic esters (lactones) is 2. The first-order valence-corrected chi connectivity index (χ1v) is 11.9. The zero-order valence-electron chi connectivity index (χ0n) is 21.2. The molecular formula is C24H39NO10. The summed E-state index contributed by atoms with van der Waals surface area (Å²) in [6, 6.07) is 0. The fourth-order valence-corrected chi connectivity index (χ4v) is 3.79. The molecule has 2 rings (SSSR count). The topological polar surface area (TPSA) is 161 Å². The number of ether oxygens (including phenoxy) is 4. The van der Waals surface area contributed by atoms with E-state index in [0.717, 1.165) is 0 Å². The average molecular weight is 502 g/mol. The fraction of sp³-hybridized carbons (Fsp3) is 0.792. The SMILES string of the molecule is CC1=C(CCC(=O)NC(C)(C)CCOC(C)(C)CCO[C@H]2C[C@@H](O)[C@@H](O)[C@@H](CO)O2)C(=O)OC1=O. The van der Waals surface area contributed by atoms with Crippen molar-refractivity contribution in [1.82, 2.24) is 5.32 Å². The number of rotatable bonds is 13. The van der Waals surface area contributed by atoms with E-state index in [1.54, 1.807) is 0 Å². The molecular weight excluding hydrogens is 462 g/mol. The summed E-state index contributed by atoms with van der Waals surface area (Å²) in [7, 11) is 0. The van der Waals surface area contributed by atoms with Crippen molar-refractivity contribution in [2.75, 3.05) is 19.8 Å². The smallest absolute Gasteiger partial charge is 0.342 e. The van der Waals surface area contributed by atoms with Gasteiger partial charge in [0.05, 0.1) is 24.9 Å². The number of hydrogen-bond donors (Lipinski definition) is 4. The minimum absolute atomic E-state index is 0.0638.